The second-order valence-electron chi connectivity index (χ2n) is 10.2. The van der Waals surface area contributed by atoms with E-state index in [2.05, 4.69) is 59.2 Å². The number of fused-ring (bicyclic) bond motifs is 1. The van der Waals surface area contributed by atoms with Gasteiger partial charge >= 0.3 is 0 Å². The molecule has 0 radical (unpaired) electrons. The van der Waals surface area contributed by atoms with Crippen molar-refractivity contribution in [1.29, 1.82) is 0 Å². The van der Waals surface area contributed by atoms with Gasteiger partial charge in [0.25, 0.3) is 0 Å². The van der Waals surface area contributed by atoms with Gasteiger partial charge in [0, 0.05) is 43.2 Å². The molecular weight excluding hydrogens is 408 g/mol. The smallest absolute Gasteiger partial charge is 0.140 e. The molecule has 3 aliphatic rings. The van der Waals surface area contributed by atoms with Crippen LogP contribution in [0, 0.1) is 5.92 Å². The maximum Gasteiger partial charge on any atom is 0.140 e. The number of benzene rings is 2. The molecule has 3 fully saturated rings. The number of piperidine rings is 1. The van der Waals surface area contributed by atoms with Crippen LogP contribution in [0.15, 0.2) is 42.5 Å². The van der Waals surface area contributed by atoms with Gasteiger partial charge < -0.3 is 14.5 Å². The maximum atomic E-state index is 5.65. The van der Waals surface area contributed by atoms with Gasteiger partial charge in [-0.3, -0.25) is 0 Å². The van der Waals surface area contributed by atoms with E-state index in [9.17, 15) is 0 Å². The molecule has 6 rings (SSSR count). The summed E-state index contributed by atoms with van der Waals surface area (Å²) in [5, 5.41) is 1.21. The minimum Gasteiger partial charge on any atom is -0.496 e. The van der Waals surface area contributed by atoms with Crippen LogP contribution in [0.3, 0.4) is 0 Å². The third-order valence-corrected chi connectivity index (χ3v) is 7.78. The fourth-order valence-electron chi connectivity index (χ4n) is 5.66. The first-order valence-electron chi connectivity index (χ1n) is 12.6. The van der Waals surface area contributed by atoms with Crippen LogP contribution in [0.1, 0.15) is 62.3 Å². The summed E-state index contributed by atoms with van der Waals surface area (Å²) in [7, 11) is 1.78. The van der Waals surface area contributed by atoms with E-state index in [0.717, 1.165) is 67.8 Å². The second kappa shape index (κ2) is 8.51. The highest BCUT2D eigenvalue weighted by atomic mass is 16.5. The zero-order chi connectivity index (χ0) is 22.4. The summed E-state index contributed by atoms with van der Waals surface area (Å²) >= 11 is 0. The Morgan fingerprint density at radius 3 is 2.36 bits per heavy atom. The Bertz CT molecular complexity index is 1150. The number of nitrogens with zero attached hydrogens (tertiary/aromatic N) is 4. The Morgan fingerprint density at radius 1 is 0.848 bits per heavy atom. The van der Waals surface area contributed by atoms with Crippen molar-refractivity contribution < 1.29 is 4.74 Å². The molecule has 2 saturated heterocycles. The van der Waals surface area contributed by atoms with Gasteiger partial charge in [-0.15, -0.1) is 0 Å². The van der Waals surface area contributed by atoms with Gasteiger partial charge in [0.2, 0.25) is 0 Å². The summed E-state index contributed by atoms with van der Waals surface area (Å²) in [5.74, 6) is 5.07. The molecular formula is C28H34N4O. The van der Waals surface area contributed by atoms with Crippen molar-refractivity contribution in [3.05, 3.63) is 53.9 Å². The van der Waals surface area contributed by atoms with Gasteiger partial charge in [-0.1, -0.05) is 25.1 Å². The third kappa shape index (κ3) is 4.03. The predicted octanol–water partition coefficient (Wildman–Crippen LogP) is 5.75. The van der Waals surface area contributed by atoms with Gasteiger partial charge in [0.15, 0.2) is 0 Å². The molecule has 0 unspecified atom stereocenters. The number of hydrogen-bond donors (Lipinski definition) is 0. The minimum absolute atomic E-state index is 0.537. The SMILES string of the molecule is COc1ccccc1C1CCN(c2nc(C3CC3)nc3ccc(N4CC[C@@H](C)C4)cc23)CC1. The average molecular weight is 443 g/mol. The van der Waals surface area contributed by atoms with Crippen LogP contribution in [0.5, 0.6) is 5.75 Å². The van der Waals surface area contributed by atoms with E-state index in [1.165, 1.54) is 35.9 Å². The number of para-hydroxylation sites is 1. The second-order valence-corrected chi connectivity index (χ2v) is 10.2. The van der Waals surface area contributed by atoms with Crippen molar-refractivity contribution in [2.24, 2.45) is 5.92 Å². The summed E-state index contributed by atoms with van der Waals surface area (Å²) in [4.78, 5) is 15.2. The Hall–Kier alpha value is -2.82. The molecule has 1 atom stereocenters. The highest BCUT2D eigenvalue weighted by molar-refractivity contribution is 5.92. The standard InChI is InChI=1S/C28H34N4O/c1-19-11-14-32(18-19)22-9-10-25-24(17-22)28(30-27(29-25)21-7-8-21)31-15-12-20(13-16-31)23-5-3-4-6-26(23)33-2/h3-6,9-10,17,19-21H,7-8,11-16,18H2,1-2H3/t19-/m1/s1. The van der Waals surface area contributed by atoms with Crippen molar-refractivity contribution in [3.63, 3.8) is 0 Å². The summed E-state index contributed by atoms with van der Waals surface area (Å²) in [5.41, 5.74) is 3.76. The van der Waals surface area contributed by atoms with Crippen LogP contribution < -0.4 is 14.5 Å². The number of ether oxygens (including phenoxy) is 1. The molecule has 0 N–H and O–H groups in total. The number of aromatic nitrogens is 2. The van der Waals surface area contributed by atoms with E-state index >= 15 is 0 Å². The van der Waals surface area contributed by atoms with Crippen LogP contribution in [0.25, 0.3) is 10.9 Å². The van der Waals surface area contributed by atoms with Crippen molar-refractivity contribution in [2.45, 2.75) is 50.9 Å². The summed E-state index contributed by atoms with van der Waals surface area (Å²) in [6.07, 6.45) is 5.97. The molecule has 0 bridgehead atoms. The first kappa shape index (κ1) is 20.8. The zero-order valence-electron chi connectivity index (χ0n) is 19.8. The number of methoxy groups -OCH3 is 1. The molecule has 5 nitrogen and oxygen atoms in total. The van der Waals surface area contributed by atoms with Crippen molar-refractivity contribution in [1.82, 2.24) is 9.97 Å². The van der Waals surface area contributed by atoms with Crippen LogP contribution >= 0.6 is 0 Å². The number of anilines is 2. The molecule has 3 heterocycles. The molecule has 3 aromatic rings. The highest BCUT2D eigenvalue weighted by Crippen LogP contribution is 2.42. The fourth-order valence-corrected chi connectivity index (χ4v) is 5.66. The molecule has 1 aliphatic carbocycles. The molecule has 5 heteroatoms. The van der Waals surface area contributed by atoms with Gasteiger partial charge in [-0.2, -0.15) is 0 Å². The van der Waals surface area contributed by atoms with E-state index in [1.807, 2.05) is 0 Å². The normalized spacial score (nSPS) is 21.7. The first-order chi connectivity index (χ1) is 16.2. The fraction of sp³-hybridized carbons (Fsp3) is 0.500. The summed E-state index contributed by atoms with van der Waals surface area (Å²) in [6.45, 7) is 6.68. The summed E-state index contributed by atoms with van der Waals surface area (Å²) < 4.78 is 5.65. The molecule has 1 saturated carbocycles. The van der Waals surface area contributed by atoms with Crippen molar-refractivity contribution in [3.8, 4) is 5.75 Å². The van der Waals surface area contributed by atoms with E-state index in [1.54, 1.807) is 7.11 Å². The van der Waals surface area contributed by atoms with Crippen LogP contribution in [-0.2, 0) is 0 Å². The lowest BCUT2D eigenvalue weighted by Crippen LogP contribution is -2.34. The lowest BCUT2D eigenvalue weighted by molar-refractivity contribution is 0.397. The van der Waals surface area contributed by atoms with E-state index in [0.29, 0.717) is 11.8 Å². The van der Waals surface area contributed by atoms with Crippen molar-refractivity contribution in [2.75, 3.05) is 43.1 Å². The Kier molecular flexibility index (Phi) is 5.35. The zero-order valence-corrected chi connectivity index (χ0v) is 19.8. The topological polar surface area (TPSA) is 41.5 Å². The molecule has 0 spiro atoms. The molecule has 1 aromatic heterocycles. The number of rotatable bonds is 5. The quantitative estimate of drug-likeness (QED) is 0.503. The van der Waals surface area contributed by atoms with Gasteiger partial charge in [0.1, 0.15) is 17.4 Å². The molecule has 0 amide bonds. The Labute approximate surface area is 196 Å². The van der Waals surface area contributed by atoms with Gasteiger partial charge in [0.05, 0.1) is 12.6 Å². The van der Waals surface area contributed by atoms with Gasteiger partial charge in [-0.05, 0) is 73.8 Å². The molecule has 33 heavy (non-hydrogen) atoms. The van der Waals surface area contributed by atoms with E-state index < -0.39 is 0 Å². The van der Waals surface area contributed by atoms with E-state index in [-0.39, 0.29) is 0 Å². The van der Waals surface area contributed by atoms with Crippen LogP contribution in [0.2, 0.25) is 0 Å². The lowest BCUT2D eigenvalue weighted by Gasteiger charge is -2.34. The monoisotopic (exact) mass is 442 g/mol. The lowest BCUT2D eigenvalue weighted by atomic mass is 9.88. The predicted molar refractivity (Wildman–Crippen MR) is 135 cm³/mol. The third-order valence-electron chi connectivity index (χ3n) is 7.78. The molecule has 172 valence electrons. The van der Waals surface area contributed by atoms with Crippen LogP contribution in [-0.4, -0.2) is 43.3 Å². The Morgan fingerprint density at radius 2 is 1.64 bits per heavy atom. The Balaban J connectivity index is 1.31. The first-order valence-corrected chi connectivity index (χ1v) is 12.6. The van der Waals surface area contributed by atoms with Gasteiger partial charge in [-0.25, -0.2) is 9.97 Å². The largest absolute Gasteiger partial charge is 0.496 e. The minimum atomic E-state index is 0.537. The van der Waals surface area contributed by atoms with Crippen molar-refractivity contribution >= 4 is 22.4 Å². The average Bonchev–Trinajstić information content (AvgIpc) is 3.63. The highest BCUT2D eigenvalue weighted by Gasteiger charge is 2.30. The maximum absolute atomic E-state index is 5.65. The van der Waals surface area contributed by atoms with E-state index in [4.69, 9.17) is 14.7 Å². The number of hydrogen-bond acceptors (Lipinski definition) is 5. The summed E-state index contributed by atoms with van der Waals surface area (Å²) in [6, 6.07) is 15.4. The van der Waals surface area contributed by atoms with Crippen LogP contribution in [0.4, 0.5) is 11.5 Å². The molecule has 2 aliphatic heterocycles. The molecule has 2 aromatic carbocycles.